The predicted molar refractivity (Wildman–Crippen MR) is 108 cm³/mol. The van der Waals surface area contributed by atoms with E-state index in [0.717, 1.165) is 0 Å². The maximum absolute atomic E-state index is 12.8. The van der Waals surface area contributed by atoms with Gasteiger partial charge in [0.05, 0.1) is 7.11 Å². The highest BCUT2D eigenvalue weighted by Gasteiger charge is 2.26. The van der Waals surface area contributed by atoms with E-state index in [4.69, 9.17) is 9.47 Å². The summed E-state index contributed by atoms with van der Waals surface area (Å²) < 4.78 is 10.8. The van der Waals surface area contributed by atoms with E-state index in [0.29, 0.717) is 49.7 Å². The summed E-state index contributed by atoms with van der Waals surface area (Å²) in [6, 6.07) is 13.3. The number of amides is 2. The number of nitrogens with zero attached hydrogens (tertiary/aromatic N) is 2. The quantitative estimate of drug-likeness (QED) is 0.837. The number of phenolic OH excluding ortho intramolecular Hbond substituents is 1. The molecule has 3 rings (SSSR count). The van der Waals surface area contributed by atoms with E-state index in [2.05, 4.69) is 0 Å². The Morgan fingerprint density at radius 1 is 0.897 bits per heavy atom. The van der Waals surface area contributed by atoms with Gasteiger partial charge in [-0.05, 0) is 61.9 Å². The summed E-state index contributed by atoms with van der Waals surface area (Å²) in [6.07, 6.45) is 0.0583. The van der Waals surface area contributed by atoms with Crippen LogP contribution >= 0.6 is 0 Å². The molecule has 1 saturated heterocycles. The van der Waals surface area contributed by atoms with Crippen LogP contribution in [0, 0.1) is 0 Å². The smallest absolute Gasteiger partial charge is 0.263 e. The topological polar surface area (TPSA) is 79.3 Å². The summed E-state index contributed by atoms with van der Waals surface area (Å²) in [5.74, 6) is 1.21. The largest absolute Gasteiger partial charge is 0.508 e. The molecule has 0 radical (unpaired) electrons. The second kappa shape index (κ2) is 9.32. The van der Waals surface area contributed by atoms with Crippen molar-refractivity contribution in [2.24, 2.45) is 0 Å². The molecule has 1 aliphatic heterocycles. The molecule has 29 heavy (non-hydrogen) atoms. The summed E-state index contributed by atoms with van der Waals surface area (Å²) in [4.78, 5) is 29.1. The van der Waals surface area contributed by atoms with Crippen LogP contribution in [-0.2, 0) is 4.79 Å². The number of hydrogen-bond donors (Lipinski definition) is 1. The molecule has 0 aliphatic carbocycles. The third-order valence-corrected chi connectivity index (χ3v) is 4.93. The van der Waals surface area contributed by atoms with E-state index >= 15 is 0 Å². The van der Waals surface area contributed by atoms with Crippen molar-refractivity contribution in [1.82, 2.24) is 9.80 Å². The average molecular weight is 398 g/mol. The van der Waals surface area contributed by atoms with Gasteiger partial charge in [0.1, 0.15) is 17.2 Å². The summed E-state index contributed by atoms with van der Waals surface area (Å²) >= 11 is 0. The molecular formula is C22H26N2O5. The van der Waals surface area contributed by atoms with Crippen LogP contribution < -0.4 is 9.47 Å². The first-order valence-electron chi connectivity index (χ1n) is 9.65. The van der Waals surface area contributed by atoms with Crippen molar-refractivity contribution >= 4 is 11.8 Å². The SMILES string of the molecule is COc1ccc(C(=O)N2CCCN(C(=O)C(C)Oc3ccc(O)cc3)CC2)cc1. The summed E-state index contributed by atoms with van der Waals surface area (Å²) in [5, 5.41) is 9.34. The number of hydrogen-bond acceptors (Lipinski definition) is 5. The number of ether oxygens (including phenoxy) is 2. The third-order valence-electron chi connectivity index (χ3n) is 4.93. The maximum Gasteiger partial charge on any atom is 0.263 e. The molecular weight excluding hydrogens is 372 g/mol. The Balaban J connectivity index is 1.57. The van der Waals surface area contributed by atoms with Crippen molar-refractivity contribution < 1.29 is 24.2 Å². The highest BCUT2D eigenvalue weighted by atomic mass is 16.5. The Morgan fingerprint density at radius 3 is 2.14 bits per heavy atom. The minimum atomic E-state index is -0.650. The van der Waals surface area contributed by atoms with E-state index in [1.54, 1.807) is 60.2 Å². The fourth-order valence-electron chi connectivity index (χ4n) is 3.29. The van der Waals surface area contributed by atoms with Gasteiger partial charge >= 0.3 is 0 Å². The van der Waals surface area contributed by atoms with Crippen LogP contribution in [0.15, 0.2) is 48.5 Å². The van der Waals surface area contributed by atoms with Crippen molar-refractivity contribution in [2.75, 3.05) is 33.3 Å². The first kappa shape index (κ1) is 20.5. The minimum Gasteiger partial charge on any atom is -0.508 e. The Kier molecular flexibility index (Phi) is 6.59. The molecule has 0 saturated carbocycles. The Hall–Kier alpha value is -3.22. The molecule has 2 aromatic carbocycles. The van der Waals surface area contributed by atoms with Gasteiger partial charge < -0.3 is 24.4 Å². The molecule has 1 atom stereocenters. The van der Waals surface area contributed by atoms with E-state index in [1.807, 2.05) is 0 Å². The number of aromatic hydroxyl groups is 1. The van der Waals surface area contributed by atoms with Crippen LogP contribution in [0.4, 0.5) is 0 Å². The van der Waals surface area contributed by atoms with Crippen molar-refractivity contribution in [3.05, 3.63) is 54.1 Å². The van der Waals surface area contributed by atoms with Crippen molar-refractivity contribution in [1.29, 1.82) is 0 Å². The van der Waals surface area contributed by atoms with Crippen LogP contribution in [0.2, 0.25) is 0 Å². The van der Waals surface area contributed by atoms with E-state index in [1.165, 1.54) is 12.1 Å². The van der Waals surface area contributed by atoms with Crippen LogP contribution in [-0.4, -0.2) is 66.1 Å². The van der Waals surface area contributed by atoms with E-state index in [9.17, 15) is 14.7 Å². The number of phenols is 1. The second-order valence-electron chi connectivity index (χ2n) is 6.95. The van der Waals surface area contributed by atoms with Gasteiger partial charge in [0.15, 0.2) is 6.10 Å². The molecule has 7 nitrogen and oxygen atoms in total. The minimum absolute atomic E-state index is 0.0460. The van der Waals surface area contributed by atoms with Gasteiger partial charge in [0, 0.05) is 31.7 Å². The molecule has 7 heteroatoms. The molecule has 1 heterocycles. The molecule has 1 fully saturated rings. The highest BCUT2D eigenvalue weighted by Crippen LogP contribution is 2.19. The fourth-order valence-corrected chi connectivity index (χ4v) is 3.29. The molecule has 2 amide bonds. The Bertz CT molecular complexity index is 835. The number of methoxy groups -OCH3 is 1. The molecule has 0 aromatic heterocycles. The van der Waals surface area contributed by atoms with E-state index < -0.39 is 6.10 Å². The first-order valence-corrected chi connectivity index (χ1v) is 9.65. The number of rotatable bonds is 5. The molecule has 0 spiro atoms. The first-order chi connectivity index (χ1) is 14.0. The normalized spacial score (nSPS) is 15.4. The van der Waals surface area contributed by atoms with E-state index in [-0.39, 0.29) is 17.6 Å². The van der Waals surface area contributed by atoms with Crippen LogP contribution in [0.3, 0.4) is 0 Å². The van der Waals surface area contributed by atoms with Gasteiger partial charge in [0.25, 0.3) is 11.8 Å². The average Bonchev–Trinajstić information content (AvgIpc) is 3.00. The molecule has 1 N–H and O–H groups in total. The lowest BCUT2D eigenvalue weighted by molar-refractivity contribution is -0.137. The number of carbonyl (C=O) groups excluding carboxylic acids is 2. The molecule has 0 bridgehead atoms. The Labute approximate surface area is 170 Å². The van der Waals surface area contributed by atoms with Crippen molar-refractivity contribution in [3.8, 4) is 17.2 Å². The van der Waals surface area contributed by atoms with Crippen LogP contribution in [0.5, 0.6) is 17.2 Å². The summed E-state index contributed by atoms with van der Waals surface area (Å²) in [6.45, 7) is 3.82. The molecule has 1 aliphatic rings. The van der Waals surface area contributed by atoms with Gasteiger partial charge in [-0.1, -0.05) is 0 Å². The van der Waals surface area contributed by atoms with Crippen molar-refractivity contribution in [2.45, 2.75) is 19.4 Å². The highest BCUT2D eigenvalue weighted by molar-refractivity contribution is 5.94. The zero-order chi connectivity index (χ0) is 20.8. The van der Waals surface area contributed by atoms with Gasteiger partial charge in [-0.15, -0.1) is 0 Å². The third kappa shape index (κ3) is 5.19. The molecule has 154 valence electrons. The maximum atomic E-state index is 12.8. The molecule has 2 aromatic rings. The van der Waals surface area contributed by atoms with Gasteiger partial charge in [-0.3, -0.25) is 9.59 Å². The van der Waals surface area contributed by atoms with Gasteiger partial charge in [0.2, 0.25) is 0 Å². The standard InChI is InChI=1S/C22H26N2O5/c1-16(29-20-10-6-18(25)7-11-20)21(26)23-12-3-13-24(15-14-23)22(27)17-4-8-19(28-2)9-5-17/h4-11,16,25H,3,12-15H2,1-2H3. The summed E-state index contributed by atoms with van der Waals surface area (Å²) in [7, 11) is 1.59. The lowest BCUT2D eigenvalue weighted by Gasteiger charge is -2.25. The van der Waals surface area contributed by atoms with Gasteiger partial charge in [-0.2, -0.15) is 0 Å². The van der Waals surface area contributed by atoms with Crippen LogP contribution in [0.25, 0.3) is 0 Å². The second-order valence-corrected chi connectivity index (χ2v) is 6.95. The number of benzene rings is 2. The lowest BCUT2D eigenvalue weighted by atomic mass is 10.2. The predicted octanol–water partition coefficient (Wildman–Crippen LogP) is 2.54. The zero-order valence-corrected chi connectivity index (χ0v) is 16.7. The lowest BCUT2D eigenvalue weighted by Crippen LogP contribution is -2.43. The van der Waals surface area contributed by atoms with Crippen molar-refractivity contribution in [3.63, 3.8) is 0 Å². The fraction of sp³-hybridized carbons (Fsp3) is 0.364. The Morgan fingerprint density at radius 2 is 1.48 bits per heavy atom. The van der Waals surface area contributed by atoms with Crippen LogP contribution in [0.1, 0.15) is 23.7 Å². The zero-order valence-electron chi connectivity index (χ0n) is 16.7. The molecule has 1 unspecified atom stereocenters. The van der Waals surface area contributed by atoms with Gasteiger partial charge in [-0.25, -0.2) is 0 Å². The number of carbonyl (C=O) groups is 2. The monoisotopic (exact) mass is 398 g/mol. The summed E-state index contributed by atoms with van der Waals surface area (Å²) in [5.41, 5.74) is 0.606.